The fraction of sp³-hybridized carbons (Fsp3) is 0.423. The fourth-order valence-corrected chi connectivity index (χ4v) is 5.12. The maximum Gasteiger partial charge on any atom is 0.334 e. The summed E-state index contributed by atoms with van der Waals surface area (Å²) in [5.74, 6) is 0.403. The van der Waals surface area contributed by atoms with Crippen LogP contribution in [0.25, 0.3) is 0 Å². The van der Waals surface area contributed by atoms with Crippen LogP contribution in [0, 0.1) is 11.7 Å². The standard InChI is InChI=1S/C26H30FN5O5/c1-16(2)24-25(34)30(12-18-6-9-20-21(10-18)37-15-36-20)13-22-31(24)23(33)14-29(3)32(22)26(35)28-11-17-4-7-19(27)8-5-17/h4-10,16,22,24H,11-15H2,1-3H3,(H,28,35)/t22-,24-/m0/s1. The third-order valence-corrected chi connectivity index (χ3v) is 6.88. The van der Waals surface area contributed by atoms with Crippen LogP contribution in [0.4, 0.5) is 9.18 Å². The molecule has 2 aromatic carbocycles. The van der Waals surface area contributed by atoms with Crippen molar-refractivity contribution in [3.05, 3.63) is 59.4 Å². The van der Waals surface area contributed by atoms with Gasteiger partial charge in [0.1, 0.15) is 18.0 Å². The molecule has 3 aliphatic heterocycles. The number of urea groups is 1. The molecule has 0 saturated carbocycles. The second kappa shape index (κ2) is 9.89. The molecule has 4 amide bonds. The van der Waals surface area contributed by atoms with Gasteiger partial charge in [-0.2, -0.15) is 0 Å². The molecule has 3 aliphatic rings. The number of likely N-dealkylation sites (N-methyl/N-ethyl adjacent to an activating group) is 1. The molecule has 0 aliphatic carbocycles. The number of piperazine rings is 1. The molecule has 5 rings (SSSR count). The maximum absolute atomic E-state index is 13.6. The van der Waals surface area contributed by atoms with E-state index in [1.54, 1.807) is 34.0 Å². The van der Waals surface area contributed by atoms with Crippen LogP contribution in [-0.4, -0.2) is 76.8 Å². The van der Waals surface area contributed by atoms with Crippen LogP contribution in [0.3, 0.4) is 0 Å². The minimum atomic E-state index is -0.707. The molecule has 37 heavy (non-hydrogen) atoms. The highest BCUT2D eigenvalue weighted by molar-refractivity contribution is 5.91. The Morgan fingerprint density at radius 2 is 1.78 bits per heavy atom. The predicted octanol–water partition coefficient (Wildman–Crippen LogP) is 2.15. The van der Waals surface area contributed by atoms with Gasteiger partial charge in [-0.15, -0.1) is 0 Å². The number of fused-ring (bicyclic) bond motifs is 2. The van der Waals surface area contributed by atoms with Crippen LogP contribution in [0.5, 0.6) is 11.5 Å². The largest absolute Gasteiger partial charge is 0.454 e. The van der Waals surface area contributed by atoms with Crippen molar-refractivity contribution in [2.75, 3.05) is 26.9 Å². The summed E-state index contributed by atoms with van der Waals surface area (Å²) in [6, 6.07) is 10.3. The quantitative estimate of drug-likeness (QED) is 0.661. The molecule has 0 aromatic heterocycles. The number of hydrogen-bond donors (Lipinski definition) is 1. The number of halogens is 1. The lowest BCUT2D eigenvalue weighted by atomic mass is 9.96. The van der Waals surface area contributed by atoms with Crippen LogP contribution < -0.4 is 14.8 Å². The second-order valence-corrected chi connectivity index (χ2v) is 9.82. The number of carbonyl (C=O) groups excluding carboxylic acids is 3. The lowest BCUT2D eigenvalue weighted by Crippen LogP contribution is -2.76. The highest BCUT2D eigenvalue weighted by atomic mass is 19.1. The Kier molecular flexibility index (Phi) is 6.63. The zero-order chi connectivity index (χ0) is 26.3. The van der Waals surface area contributed by atoms with E-state index in [9.17, 15) is 18.8 Å². The van der Waals surface area contributed by atoms with Gasteiger partial charge in [-0.1, -0.05) is 32.0 Å². The van der Waals surface area contributed by atoms with Gasteiger partial charge < -0.3 is 24.6 Å². The van der Waals surface area contributed by atoms with E-state index in [0.29, 0.717) is 18.0 Å². The number of nitrogens with zero attached hydrogens (tertiary/aromatic N) is 4. The molecule has 0 unspecified atom stereocenters. The van der Waals surface area contributed by atoms with Crippen LogP contribution in [-0.2, 0) is 22.7 Å². The summed E-state index contributed by atoms with van der Waals surface area (Å²) in [6.07, 6.45) is -0.682. The van der Waals surface area contributed by atoms with E-state index in [4.69, 9.17) is 9.47 Å². The van der Waals surface area contributed by atoms with E-state index >= 15 is 0 Å². The topological polar surface area (TPSA) is 94.7 Å². The van der Waals surface area contributed by atoms with Gasteiger partial charge in [0.2, 0.25) is 18.6 Å². The smallest absolute Gasteiger partial charge is 0.334 e. The Morgan fingerprint density at radius 1 is 1.08 bits per heavy atom. The molecule has 2 saturated heterocycles. The van der Waals surface area contributed by atoms with Crippen molar-refractivity contribution in [1.82, 2.24) is 25.1 Å². The minimum absolute atomic E-state index is 0.0286. The van der Waals surface area contributed by atoms with Crippen molar-refractivity contribution in [1.29, 1.82) is 0 Å². The van der Waals surface area contributed by atoms with Gasteiger partial charge in [-0.25, -0.2) is 19.2 Å². The van der Waals surface area contributed by atoms with Crippen LogP contribution in [0.15, 0.2) is 42.5 Å². The number of rotatable bonds is 5. The van der Waals surface area contributed by atoms with Crippen molar-refractivity contribution in [2.24, 2.45) is 5.92 Å². The number of nitrogens with one attached hydrogen (secondary N) is 1. The van der Waals surface area contributed by atoms with Crippen LogP contribution in [0.2, 0.25) is 0 Å². The third-order valence-electron chi connectivity index (χ3n) is 6.88. The first-order valence-electron chi connectivity index (χ1n) is 12.2. The normalized spacial score (nSPS) is 21.5. The number of ether oxygens (including phenoxy) is 2. The van der Waals surface area contributed by atoms with Gasteiger partial charge in [0.15, 0.2) is 11.5 Å². The average Bonchev–Trinajstić information content (AvgIpc) is 3.32. The highest BCUT2D eigenvalue weighted by Gasteiger charge is 2.51. The number of benzene rings is 2. The van der Waals surface area contributed by atoms with Crippen molar-refractivity contribution in [3.8, 4) is 11.5 Å². The lowest BCUT2D eigenvalue weighted by Gasteiger charge is -2.55. The summed E-state index contributed by atoms with van der Waals surface area (Å²) >= 11 is 0. The van der Waals surface area contributed by atoms with Crippen molar-refractivity contribution < 1.29 is 28.2 Å². The molecule has 2 fully saturated rings. The first-order valence-corrected chi connectivity index (χ1v) is 12.2. The summed E-state index contributed by atoms with van der Waals surface area (Å²) < 4.78 is 24.1. The van der Waals surface area contributed by atoms with Crippen molar-refractivity contribution >= 4 is 17.8 Å². The molecule has 0 spiro atoms. The highest BCUT2D eigenvalue weighted by Crippen LogP contribution is 2.34. The zero-order valence-electron chi connectivity index (χ0n) is 21.0. The molecule has 196 valence electrons. The minimum Gasteiger partial charge on any atom is -0.454 e. The Morgan fingerprint density at radius 3 is 2.51 bits per heavy atom. The number of hydrazine groups is 1. The van der Waals surface area contributed by atoms with Crippen molar-refractivity contribution in [3.63, 3.8) is 0 Å². The summed E-state index contributed by atoms with van der Waals surface area (Å²) in [5, 5.41) is 5.94. The van der Waals surface area contributed by atoms with Gasteiger partial charge in [0, 0.05) is 20.1 Å². The molecular weight excluding hydrogens is 481 g/mol. The number of amides is 4. The summed E-state index contributed by atoms with van der Waals surface area (Å²) in [4.78, 5) is 43.4. The van der Waals surface area contributed by atoms with Gasteiger partial charge in [0.25, 0.3) is 0 Å². The first-order chi connectivity index (χ1) is 17.7. The van der Waals surface area contributed by atoms with E-state index in [1.165, 1.54) is 17.1 Å². The lowest BCUT2D eigenvalue weighted by molar-refractivity contribution is -0.190. The summed E-state index contributed by atoms with van der Waals surface area (Å²) in [6.45, 7) is 4.56. The van der Waals surface area contributed by atoms with E-state index in [1.807, 2.05) is 32.0 Å². The first kappa shape index (κ1) is 24.8. The Balaban J connectivity index is 1.40. The van der Waals surface area contributed by atoms with E-state index < -0.39 is 18.2 Å². The molecule has 10 nitrogen and oxygen atoms in total. The molecule has 2 aromatic rings. The number of carbonyl (C=O) groups is 3. The fourth-order valence-electron chi connectivity index (χ4n) is 5.12. The predicted molar refractivity (Wildman–Crippen MR) is 130 cm³/mol. The average molecular weight is 512 g/mol. The summed E-state index contributed by atoms with van der Waals surface area (Å²) in [5.41, 5.74) is 1.60. The maximum atomic E-state index is 13.6. The number of hydrogen-bond acceptors (Lipinski definition) is 6. The molecule has 2 atom stereocenters. The molecule has 1 N–H and O–H groups in total. The molecule has 11 heteroatoms. The monoisotopic (exact) mass is 511 g/mol. The van der Waals surface area contributed by atoms with Crippen molar-refractivity contribution in [2.45, 2.75) is 39.1 Å². The molecule has 0 bridgehead atoms. The van der Waals surface area contributed by atoms with Gasteiger partial charge >= 0.3 is 6.03 Å². The van der Waals surface area contributed by atoms with Gasteiger partial charge in [-0.05, 0) is 41.3 Å². The van der Waals surface area contributed by atoms with E-state index in [2.05, 4.69) is 5.32 Å². The van der Waals surface area contributed by atoms with Crippen LogP contribution in [0.1, 0.15) is 25.0 Å². The van der Waals surface area contributed by atoms with Gasteiger partial charge in [-0.3, -0.25) is 9.59 Å². The zero-order valence-corrected chi connectivity index (χ0v) is 21.0. The van der Waals surface area contributed by atoms with E-state index in [0.717, 1.165) is 11.1 Å². The Labute approximate surface area is 214 Å². The Bertz CT molecular complexity index is 1210. The van der Waals surface area contributed by atoms with Crippen LogP contribution >= 0.6 is 0 Å². The Hall–Kier alpha value is -3.86. The molecule has 3 heterocycles. The molecule has 0 radical (unpaired) electrons. The van der Waals surface area contributed by atoms with E-state index in [-0.39, 0.29) is 50.0 Å². The molecular formula is C26H30FN5O5. The second-order valence-electron chi connectivity index (χ2n) is 9.82. The van der Waals surface area contributed by atoms with Gasteiger partial charge in [0.05, 0.1) is 13.1 Å². The SMILES string of the molecule is CC(C)[C@H]1C(=O)N(Cc2ccc3c(c2)OCO3)C[C@H]2N1C(=O)CN(C)N2C(=O)NCc1ccc(F)cc1. The summed E-state index contributed by atoms with van der Waals surface area (Å²) in [7, 11) is 1.68. The third kappa shape index (κ3) is 4.78.